The number of halogens is 1. The summed E-state index contributed by atoms with van der Waals surface area (Å²) >= 11 is 0. The van der Waals surface area contributed by atoms with Crippen LogP contribution in [0.15, 0.2) is 53.6 Å². The highest BCUT2D eigenvalue weighted by Crippen LogP contribution is 2.26. The second kappa shape index (κ2) is 9.58. The van der Waals surface area contributed by atoms with E-state index in [-0.39, 0.29) is 5.82 Å². The van der Waals surface area contributed by atoms with Crippen LogP contribution >= 0.6 is 0 Å². The number of anilines is 1. The van der Waals surface area contributed by atoms with Gasteiger partial charge < -0.3 is 4.57 Å². The fourth-order valence-corrected chi connectivity index (χ4v) is 4.78. The minimum Gasteiger partial charge on any atom is -0.318 e. The molecule has 0 bridgehead atoms. The number of hydrogen-bond acceptors (Lipinski definition) is 4. The molecule has 0 spiro atoms. The van der Waals surface area contributed by atoms with Crippen molar-refractivity contribution in [3.63, 3.8) is 0 Å². The van der Waals surface area contributed by atoms with E-state index in [0.29, 0.717) is 5.69 Å². The van der Waals surface area contributed by atoms with Crippen molar-refractivity contribution in [2.75, 3.05) is 17.1 Å². The molecule has 1 N–H and O–H groups in total. The number of nitrogens with zero attached hydrogens (tertiary/aromatic N) is 3. The lowest BCUT2D eigenvalue weighted by atomic mass is 10.1. The highest BCUT2D eigenvalue weighted by atomic mass is 32.2. The molecule has 1 aromatic heterocycles. The third kappa shape index (κ3) is 5.48. The van der Waals surface area contributed by atoms with Crippen molar-refractivity contribution in [3.8, 4) is 5.69 Å². The number of hydrogen-bond donors (Lipinski definition) is 1. The first-order chi connectivity index (χ1) is 15.5. The molecule has 0 aliphatic carbocycles. The Bertz CT molecular complexity index is 1290. The fourth-order valence-electron chi connectivity index (χ4n) is 3.81. The van der Waals surface area contributed by atoms with Gasteiger partial charge in [0.1, 0.15) is 12.4 Å². The SMILES string of the molecule is Cc1cccc(C)c1N(CC(=O)N/N=C/c1cc(C)n(-c2ccc(F)cc2)c1C)S(C)(=O)=O. The molecule has 0 saturated carbocycles. The molecule has 7 nitrogen and oxygen atoms in total. The van der Waals surface area contributed by atoms with Crippen LogP contribution in [0.25, 0.3) is 5.69 Å². The van der Waals surface area contributed by atoms with E-state index >= 15 is 0 Å². The quantitative estimate of drug-likeness (QED) is 0.422. The van der Waals surface area contributed by atoms with Gasteiger partial charge in [0.25, 0.3) is 5.91 Å². The molecule has 1 amide bonds. The van der Waals surface area contributed by atoms with Crippen molar-refractivity contribution in [1.29, 1.82) is 0 Å². The Balaban J connectivity index is 1.77. The fraction of sp³-hybridized carbons (Fsp3) is 0.250. The van der Waals surface area contributed by atoms with E-state index in [2.05, 4.69) is 10.5 Å². The first-order valence-corrected chi connectivity index (χ1v) is 12.1. The van der Waals surface area contributed by atoms with E-state index in [4.69, 9.17) is 0 Å². The third-order valence-corrected chi connectivity index (χ3v) is 6.44. The minimum absolute atomic E-state index is 0.310. The van der Waals surface area contributed by atoms with Crippen molar-refractivity contribution in [2.45, 2.75) is 27.7 Å². The van der Waals surface area contributed by atoms with Crippen molar-refractivity contribution in [3.05, 3.63) is 82.4 Å². The van der Waals surface area contributed by atoms with Gasteiger partial charge in [-0.2, -0.15) is 5.10 Å². The number of benzene rings is 2. The molecule has 0 saturated heterocycles. The molecule has 3 aromatic rings. The number of amides is 1. The average molecular weight is 471 g/mol. The van der Waals surface area contributed by atoms with E-state index in [0.717, 1.165) is 44.3 Å². The Hall–Kier alpha value is -3.46. The second-order valence-corrected chi connectivity index (χ2v) is 9.85. The van der Waals surface area contributed by atoms with Gasteiger partial charge in [0.2, 0.25) is 10.0 Å². The van der Waals surface area contributed by atoms with Gasteiger partial charge >= 0.3 is 0 Å². The first kappa shape index (κ1) is 24.2. The average Bonchev–Trinajstić information content (AvgIpc) is 3.00. The number of carbonyl (C=O) groups excluding carboxylic acids is 1. The smallest absolute Gasteiger partial charge is 0.260 e. The normalized spacial score (nSPS) is 11.7. The predicted molar refractivity (Wildman–Crippen MR) is 129 cm³/mol. The molecule has 3 rings (SSSR count). The number of nitrogens with one attached hydrogen (secondary N) is 1. The van der Waals surface area contributed by atoms with Crippen molar-refractivity contribution in [1.82, 2.24) is 9.99 Å². The van der Waals surface area contributed by atoms with Gasteiger partial charge in [0.15, 0.2) is 0 Å². The maximum Gasteiger partial charge on any atom is 0.260 e. The number of para-hydroxylation sites is 1. The van der Waals surface area contributed by atoms with E-state index in [1.165, 1.54) is 18.3 Å². The molecule has 0 aliphatic rings. The highest BCUT2D eigenvalue weighted by Gasteiger charge is 2.23. The van der Waals surface area contributed by atoms with Gasteiger partial charge in [-0.15, -0.1) is 0 Å². The maximum atomic E-state index is 13.3. The zero-order valence-corrected chi connectivity index (χ0v) is 20.1. The van der Waals surface area contributed by atoms with E-state index < -0.39 is 22.5 Å². The summed E-state index contributed by atoms with van der Waals surface area (Å²) in [4.78, 5) is 12.5. The minimum atomic E-state index is -3.69. The van der Waals surface area contributed by atoms with E-state index in [9.17, 15) is 17.6 Å². The zero-order valence-electron chi connectivity index (χ0n) is 19.3. The first-order valence-electron chi connectivity index (χ1n) is 10.3. The Morgan fingerprint density at radius 1 is 1.09 bits per heavy atom. The van der Waals surface area contributed by atoms with Crippen molar-refractivity contribution < 1.29 is 17.6 Å². The Kier molecular flexibility index (Phi) is 7.02. The predicted octanol–water partition coefficient (Wildman–Crippen LogP) is 3.77. The molecular formula is C24H27FN4O3S. The van der Waals surface area contributed by atoms with E-state index in [1.807, 2.05) is 30.5 Å². The van der Waals surface area contributed by atoms with Gasteiger partial charge in [0.05, 0.1) is 18.2 Å². The molecule has 33 heavy (non-hydrogen) atoms. The van der Waals surface area contributed by atoms with Gasteiger partial charge in [0, 0.05) is 22.6 Å². The lowest BCUT2D eigenvalue weighted by Crippen LogP contribution is -2.39. The van der Waals surface area contributed by atoms with Gasteiger partial charge in [-0.05, 0) is 69.2 Å². The van der Waals surface area contributed by atoms with Crippen LogP contribution in [0.3, 0.4) is 0 Å². The molecule has 0 aliphatic heterocycles. The number of aryl methyl sites for hydroxylation is 3. The lowest BCUT2D eigenvalue weighted by molar-refractivity contribution is -0.119. The van der Waals surface area contributed by atoms with Crippen LogP contribution in [-0.4, -0.2) is 37.9 Å². The van der Waals surface area contributed by atoms with Gasteiger partial charge in [-0.1, -0.05) is 18.2 Å². The number of carbonyl (C=O) groups is 1. The molecule has 0 atom stereocenters. The summed E-state index contributed by atoms with van der Waals surface area (Å²) < 4.78 is 41.1. The van der Waals surface area contributed by atoms with Crippen molar-refractivity contribution in [2.24, 2.45) is 5.10 Å². The van der Waals surface area contributed by atoms with Crippen LogP contribution < -0.4 is 9.73 Å². The summed E-state index contributed by atoms with van der Waals surface area (Å²) in [5, 5.41) is 4.02. The summed E-state index contributed by atoms with van der Waals surface area (Å²) in [6.45, 7) is 7.02. The third-order valence-electron chi connectivity index (χ3n) is 5.32. The Morgan fingerprint density at radius 2 is 1.70 bits per heavy atom. The molecule has 0 unspecified atom stereocenters. The largest absolute Gasteiger partial charge is 0.318 e. The number of rotatable bonds is 7. The second-order valence-electron chi connectivity index (χ2n) is 7.94. The Morgan fingerprint density at radius 3 is 2.27 bits per heavy atom. The van der Waals surface area contributed by atoms with E-state index in [1.54, 1.807) is 38.1 Å². The summed E-state index contributed by atoms with van der Waals surface area (Å²) in [5.41, 5.74) is 7.78. The number of sulfonamides is 1. The summed E-state index contributed by atoms with van der Waals surface area (Å²) in [6.07, 6.45) is 2.57. The molecule has 2 aromatic carbocycles. The number of aromatic nitrogens is 1. The molecule has 0 fully saturated rings. The van der Waals surface area contributed by atoms with Crippen LogP contribution in [-0.2, 0) is 14.8 Å². The van der Waals surface area contributed by atoms with Crippen LogP contribution in [0.2, 0.25) is 0 Å². The van der Waals surface area contributed by atoms with Gasteiger partial charge in [-0.3, -0.25) is 9.10 Å². The van der Waals surface area contributed by atoms with Crippen LogP contribution in [0, 0.1) is 33.5 Å². The molecular weight excluding hydrogens is 443 g/mol. The van der Waals surface area contributed by atoms with Gasteiger partial charge in [-0.25, -0.2) is 18.2 Å². The van der Waals surface area contributed by atoms with Crippen LogP contribution in [0.5, 0.6) is 0 Å². The molecule has 9 heteroatoms. The highest BCUT2D eigenvalue weighted by molar-refractivity contribution is 7.92. The summed E-state index contributed by atoms with van der Waals surface area (Å²) in [7, 11) is -3.69. The maximum absolute atomic E-state index is 13.3. The molecule has 174 valence electrons. The summed E-state index contributed by atoms with van der Waals surface area (Å²) in [5.74, 6) is -0.874. The van der Waals surface area contributed by atoms with Crippen LogP contribution in [0.4, 0.5) is 10.1 Å². The van der Waals surface area contributed by atoms with Crippen molar-refractivity contribution >= 4 is 27.8 Å². The topological polar surface area (TPSA) is 83.8 Å². The monoisotopic (exact) mass is 470 g/mol. The molecule has 1 heterocycles. The lowest BCUT2D eigenvalue weighted by Gasteiger charge is -2.25. The van der Waals surface area contributed by atoms with Crippen LogP contribution in [0.1, 0.15) is 28.1 Å². The number of hydrazone groups is 1. The zero-order chi connectivity index (χ0) is 24.3. The molecule has 0 radical (unpaired) electrons. The summed E-state index contributed by atoms with van der Waals surface area (Å²) in [6, 6.07) is 13.5. The Labute approximate surface area is 193 Å². The standard InChI is InChI=1S/C24H27FN4O3S/c1-16-7-6-8-17(2)24(16)28(33(5,31)32)15-23(30)27-26-14-20-13-18(3)29(19(20)4)22-11-9-21(25)10-12-22/h6-14H,15H2,1-5H3,(H,27,30)/b26-14+.